The number of ether oxygens (including phenoxy) is 5. The molecule has 37 heavy (non-hydrogen) atoms. The molecular formula is C27H26ClN3O6. The molecule has 0 aliphatic rings. The molecule has 0 aliphatic carbocycles. The van der Waals surface area contributed by atoms with Gasteiger partial charge in [0.05, 0.1) is 42.9 Å². The number of carbonyl (C=O) groups excluding carboxylic acids is 1. The molecule has 9 nitrogen and oxygen atoms in total. The van der Waals surface area contributed by atoms with Crippen LogP contribution in [0.5, 0.6) is 28.9 Å². The molecule has 192 valence electrons. The molecule has 0 spiro atoms. The molecule has 1 aromatic heterocycles. The number of methoxy groups -OCH3 is 3. The van der Waals surface area contributed by atoms with E-state index in [1.807, 2.05) is 31.2 Å². The van der Waals surface area contributed by atoms with E-state index in [0.29, 0.717) is 57.0 Å². The van der Waals surface area contributed by atoms with Gasteiger partial charge in [0.1, 0.15) is 24.4 Å². The fourth-order valence-electron chi connectivity index (χ4n) is 3.76. The monoisotopic (exact) mass is 523 g/mol. The standard InChI is InChI=1S/C27H26ClN3O6/c1-5-31(27(32)36-15-17-8-6-7-9-23(17)33-2)22-11-10-18(12-20(22)28)37-26-19-13-24(34-3)25(35-4)14-21(19)29-16-30-26/h6-14,16H,5,15H2,1-4H3. The lowest BCUT2D eigenvalue weighted by Crippen LogP contribution is -2.31. The normalized spacial score (nSPS) is 10.6. The van der Waals surface area contributed by atoms with Crippen LogP contribution >= 0.6 is 11.6 Å². The molecule has 1 heterocycles. The maximum Gasteiger partial charge on any atom is 0.414 e. The van der Waals surface area contributed by atoms with E-state index in [2.05, 4.69) is 9.97 Å². The first kappa shape index (κ1) is 25.8. The zero-order valence-electron chi connectivity index (χ0n) is 20.9. The van der Waals surface area contributed by atoms with E-state index in [0.717, 1.165) is 5.56 Å². The highest BCUT2D eigenvalue weighted by Crippen LogP contribution is 2.37. The van der Waals surface area contributed by atoms with Crippen LogP contribution in [0.2, 0.25) is 5.02 Å². The van der Waals surface area contributed by atoms with Crippen molar-refractivity contribution in [1.29, 1.82) is 0 Å². The number of hydrogen-bond acceptors (Lipinski definition) is 8. The maximum atomic E-state index is 12.9. The number of carbonyl (C=O) groups is 1. The van der Waals surface area contributed by atoms with Gasteiger partial charge in [0, 0.05) is 24.2 Å². The first-order valence-electron chi connectivity index (χ1n) is 11.4. The van der Waals surface area contributed by atoms with Crippen molar-refractivity contribution < 1.29 is 28.5 Å². The van der Waals surface area contributed by atoms with Gasteiger partial charge in [0.15, 0.2) is 11.5 Å². The number of para-hydroxylation sites is 1. The van der Waals surface area contributed by atoms with Crippen molar-refractivity contribution in [2.75, 3.05) is 32.8 Å². The highest BCUT2D eigenvalue weighted by molar-refractivity contribution is 6.33. The summed E-state index contributed by atoms with van der Waals surface area (Å²) < 4.78 is 27.6. The summed E-state index contributed by atoms with van der Waals surface area (Å²) >= 11 is 6.56. The second kappa shape index (κ2) is 11.7. The molecule has 1 amide bonds. The van der Waals surface area contributed by atoms with Crippen LogP contribution in [0.4, 0.5) is 10.5 Å². The van der Waals surface area contributed by atoms with Crippen molar-refractivity contribution in [3.05, 3.63) is 71.5 Å². The fraction of sp³-hybridized carbons (Fsp3) is 0.222. The van der Waals surface area contributed by atoms with Crippen molar-refractivity contribution >= 4 is 34.3 Å². The van der Waals surface area contributed by atoms with E-state index < -0.39 is 6.09 Å². The minimum Gasteiger partial charge on any atom is -0.496 e. The molecule has 0 N–H and O–H groups in total. The molecule has 0 unspecified atom stereocenters. The Morgan fingerprint density at radius 2 is 1.65 bits per heavy atom. The van der Waals surface area contributed by atoms with Crippen LogP contribution in [-0.4, -0.2) is 43.9 Å². The second-order valence-corrected chi connectivity index (χ2v) is 8.14. The molecule has 4 rings (SSSR count). The van der Waals surface area contributed by atoms with E-state index >= 15 is 0 Å². The third-order valence-corrected chi connectivity index (χ3v) is 5.91. The number of hydrogen-bond donors (Lipinski definition) is 0. The Balaban J connectivity index is 1.54. The zero-order chi connectivity index (χ0) is 26.4. The lowest BCUT2D eigenvalue weighted by atomic mass is 10.2. The Morgan fingerprint density at radius 1 is 0.919 bits per heavy atom. The SMILES string of the molecule is CCN(C(=O)OCc1ccccc1OC)c1ccc(Oc2ncnc3cc(OC)c(OC)cc23)cc1Cl. The number of benzene rings is 3. The third-order valence-electron chi connectivity index (χ3n) is 5.61. The van der Waals surface area contributed by atoms with Crippen LogP contribution in [0, 0.1) is 0 Å². The van der Waals surface area contributed by atoms with Crippen LogP contribution in [0.1, 0.15) is 12.5 Å². The summed E-state index contributed by atoms with van der Waals surface area (Å²) in [5.74, 6) is 2.46. The molecule has 10 heteroatoms. The Labute approximate surface area is 219 Å². The minimum atomic E-state index is -0.535. The molecule has 0 saturated heterocycles. The molecule has 0 radical (unpaired) electrons. The van der Waals surface area contributed by atoms with Crippen molar-refractivity contribution in [1.82, 2.24) is 9.97 Å². The predicted molar refractivity (Wildman–Crippen MR) is 140 cm³/mol. The summed E-state index contributed by atoms with van der Waals surface area (Å²) in [5.41, 5.74) is 1.87. The number of amides is 1. The summed E-state index contributed by atoms with van der Waals surface area (Å²) in [6, 6.07) is 15.8. The average molecular weight is 524 g/mol. The maximum absolute atomic E-state index is 12.9. The van der Waals surface area contributed by atoms with Gasteiger partial charge in [-0.25, -0.2) is 14.8 Å². The topological polar surface area (TPSA) is 92.2 Å². The first-order valence-corrected chi connectivity index (χ1v) is 11.8. The quantitative estimate of drug-likeness (QED) is 0.253. The number of nitrogens with zero attached hydrogens (tertiary/aromatic N) is 3. The number of halogens is 1. The van der Waals surface area contributed by atoms with Crippen LogP contribution in [0.15, 0.2) is 60.9 Å². The van der Waals surface area contributed by atoms with Gasteiger partial charge in [-0.2, -0.15) is 0 Å². The number of aromatic nitrogens is 2. The molecule has 4 aromatic rings. The summed E-state index contributed by atoms with van der Waals surface area (Å²) in [6.45, 7) is 2.25. The van der Waals surface area contributed by atoms with Crippen LogP contribution in [-0.2, 0) is 11.3 Å². The highest BCUT2D eigenvalue weighted by atomic mass is 35.5. The van der Waals surface area contributed by atoms with Gasteiger partial charge >= 0.3 is 6.09 Å². The third kappa shape index (κ3) is 5.62. The number of fused-ring (bicyclic) bond motifs is 1. The molecular weight excluding hydrogens is 498 g/mol. The lowest BCUT2D eigenvalue weighted by molar-refractivity contribution is 0.146. The minimum absolute atomic E-state index is 0.0627. The Kier molecular flexibility index (Phi) is 8.15. The zero-order valence-corrected chi connectivity index (χ0v) is 21.6. The average Bonchev–Trinajstić information content (AvgIpc) is 2.92. The lowest BCUT2D eigenvalue weighted by Gasteiger charge is -2.22. The predicted octanol–water partition coefficient (Wildman–Crippen LogP) is 6.26. The Bertz CT molecular complexity index is 1410. The molecule has 0 fully saturated rings. The number of anilines is 1. The van der Waals surface area contributed by atoms with Crippen LogP contribution in [0.25, 0.3) is 10.9 Å². The van der Waals surface area contributed by atoms with Crippen LogP contribution in [0.3, 0.4) is 0 Å². The second-order valence-electron chi connectivity index (χ2n) is 7.73. The summed E-state index contributed by atoms with van der Waals surface area (Å²) in [4.78, 5) is 22.9. The van der Waals surface area contributed by atoms with Gasteiger partial charge in [-0.3, -0.25) is 4.90 Å². The van der Waals surface area contributed by atoms with Crippen LogP contribution < -0.4 is 23.8 Å². The van der Waals surface area contributed by atoms with E-state index in [1.165, 1.54) is 11.2 Å². The van der Waals surface area contributed by atoms with E-state index in [1.54, 1.807) is 51.7 Å². The number of rotatable bonds is 9. The van der Waals surface area contributed by atoms with Crippen molar-refractivity contribution in [3.63, 3.8) is 0 Å². The first-order chi connectivity index (χ1) is 18.0. The van der Waals surface area contributed by atoms with Gasteiger partial charge in [0.2, 0.25) is 5.88 Å². The van der Waals surface area contributed by atoms with Gasteiger partial charge < -0.3 is 23.7 Å². The van der Waals surface area contributed by atoms with Gasteiger partial charge in [0.25, 0.3) is 0 Å². The Morgan fingerprint density at radius 3 is 2.35 bits per heavy atom. The van der Waals surface area contributed by atoms with Crippen molar-refractivity contribution in [3.8, 4) is 28.9 Å². The van der Waals surface area contributed by atoms with E-state index in [9.17, 15) is 4.79 Å². The van der Waals surface area contributed by atoms with Crippen molar-refractivity contribution in [2.24, 2.45) is 0 Å². The fourth-order valence-corrected chi connectivity index (χ4v) is 4.03. The molecule has 0 saturated carbocycles. The molecule has 0 aliphatic heterocycles. The highest BCUT2D eigenvalue weighted by Gasteiger charge is 2.20. The van der Waals surface area contributed by atoms with Gasteiger partial charge in [-0.1, -0.05) is 29.8 Å². The summed E-state index contributed by atoms with van der Waals surface area (Å²) in [7, 11) is 4.67. The van der Waals surface area contributed by atoms with Gasteiger partial charge in [-0.05, 0) is 31.2 Å². The molecule has 0 atom stereocenters. The van der Waals surface area contributed by atoms with E-state index in [-0.39, 0.29) is 6.61 Å². The van der Waals surface area contributed by atoms with E-state index in [4.69, 9.17) is 35.3 Å². The molecule has 0 bridgehead atoms. The smallest absolute Gasteiger partial charge is 0.414 e. The summed E-state index contributed by atoms with van der Waals surface area (Å²) in [5, 5.41) is 0.946. The summed E-state index contributed by atoms with van der Waals surface area (Å²) in [6.07, 6.45) is 0.864. The molecule has 3 aromatic carbocycles. The largest absolute Gasteiger partial charge is 0.496 e. The van der Waals surface area contributed by atoms with Gasteiger partial charge in [-0.15, -0.1) is 0 Å². The Hall–Kier alpha value is -4.24. The van der Waals surface area contributed by atoms with Crippen molar-refractivity contribution in [2.45, 2.75) is 13.5 Å².